The fourth-order valence-electron chi connectivity index (χ4n) is 0.792. The van der Waals surface area contributed by atoms with Gasteiger partial charge in [-0.25, -0.2) is 13.8 Å². The summed E-state index contributed by atoms with van der Waals surface area (Å²) in [5.74, 6) is -1.29. The predicted molar refractivity (Wildman–Crippen MR) is 46.6 cm³/mol. The van der Waals surface area contributed by atoms with Gasteiger partial charge in [-0.1, -0.05) is 0 Å². The second-order valence-electron chi connectivity index (χ2n) is 2.10. The molecule has 6 heteroatoms. The maximum absolute atomic E-state index is 12.7. The summed E-state index contributed by atoms with van der Waals surface area (Å²) in [4.78, 5) is 3.10. The Kier molecular flexibility index (Phi) is 3.08. The number of pyridine rings is 1. The Morgan fingerprint density at radius 2 is 2.15 bits per heavy atom. The fraction of sp³-hybridized carbons (Fsp3) is 0.143. The van der Waals surface area contributed by atoms with Crippen molar-refractivity contribution in [3.8, 4) is 6.07 Å². The molecule has 0 saturated heterocycles. The van der Waals surface area contributed by atoms with Gasteiger partial charge in [0.1, 0.15) is 6.07 Å². The Labute approximate surface area is 85.5 Å². The van der Waals surface area contributed by atoms with E-state index in [0.29, 0.717) is 0 Å². The van der Waals surface area contributed by atoms with E-state index in [2.05, 4.69) is 4.98 Å². The Hall–Kier alpha value is -0.840. The van der Waals surface area contributed by atoms with E-state index < -0.39 is 17.9 Å². The SMILES string of the molecule is N#Cc1c(I)cnc(F)c1C(F)F. The summed E-state index contributed by atoms with van der Waals surface area (Å²) in [5.41, 5.74) is -1.27. The number of alkyl halides is 2. The van der Waals surface area contributed by atoms with E-state index in [0.717, 1.165) is 6.20 Å². The van der Waals surface area contributed by atoms with Crippen molar-refractivity contribution < 1.29 is 13.2 Å². The minimum atomic E-state index is -3.02. The second-order valence-corrected chi connectivity index (χ2v) is 3.26. The molecule has 0 fully saturated rings. The molecule has 1 heterocycles. The summed E-state index contributed by atoms with van der Waals surface area (Å²) in [6, 6.07) is 1.52. The van der Waals surface area contributed by atoms with Crippen LogP contribution in [0.15, 0.2) is 6.20 Å². The maximum Gasteiger partial charge on any atom is 0.269 e. The van der Waals surface area contributed by atoms with Crippen molar-refractivity contribution in [1.29, 1.82) is 5.26 Å². The number of hydrogen-bond acceptors (Lipinski definition) is 2. The summed E-state index contributed by atoms with van der Waals surface area (Å²) < 4.78 is 37.4. The highest BCUT2D eigenvalue weighted by Crippen LogP contribution is 2.26. The summed E-state index contributed by atoms with van der Waals surface area (Å²) in [6.45, 7) is 0. The Morgan fingerprint density at radius 1 is 1.54 bits per heavy atom. The van der Waals surface area contributed by atoms with Gasteiger partial charge in [0.2, 0.25) is 5.95 Å². The van der Waals surface area contributed by atoms with Crippen LogP contribution in [0.4, 0.5) is 13.2 Å². The van der Waals surface area contributed by atoms with Crippen LogP contribution in [0, 0.1) is 20.8 Å². The average molecular weight is 298 g/mol. The third-order valence-electron chi connectivity index (χ3n) is 1.35. The van der Waals surface area contributed by atoms with Crippen LogP contribution in [0.1, 0.15) is 17.6 Å². The van der Waals surface area contributed by atoms with Gasteiger partial charge in [0.15, 0.2) is 0 Å². The first-order chi connectivity index (χ1) is 6.07. The van der Waals surface area contributed by atoms with Gasteiger partial charge in [-0.05, 0) is 22.6 Å². The van der Waals surface area contributed by atoms with Gasteiger partial charge >= 0.3 is 0 Å². The number of hydrogen-bond donors (Lipinski definition) is 0. The first-order valence-corrected chi connectivity index (χ1v) is 4.18. The standard InChI is InChI=1S/C7H2F3IN2/c8-6(9)5-3(1-12)4(11)2-13-7(5)10/h2,6H. The lowest BCUT2D eigenvalue weighted by molar-refractivity contribution is 0.144. The molecule has 0 aliphatic carbocycles. The Bertz CT molecular complexity index is 373. The average Bonchev–Trinajstić information content (AvgIpc) is 2.07. The van der Waals surface area contributed by atoms with E-state index in [9.17, 15) is 13.2 Å². The third kappa shape index (κ3) is 1.91. The van der Waals surface area contributed by atoms with Gasteiger partial charge in [-0.15, -0.1) is 0 Å². The van der Waals surface area contributed by atoms with Crippen LogP contribution < -0.4 is 0 Å². The zero-order valence-corrected chi connectivity index (χ0v) is 8.22. The lowest BCUT2D eigenvalue weighted by Gasteiger charge is -2.04. The minimum Gasteiger partial charge on any atom is -0.227 e. The van der Waals surface area contributed by atoms with Crippen molar-refractivity contribution in [3.05, 3.63) is 26.8 Å². The molecule has 13 heavy (non-hydrogen) atoms. The fourth-order valence-corrected chi connectivity index (χ4v) is 1.34. The van der Waals surface area contributed by atoms with Crippen LogP contribution in [-0.2, 0) is 0 Å². The van der Waals surface area contributed by atoms with Gasteiger partial charge < -0.3 is 0 Å². The van der Waals surface area contributed by atoms with Crippen molar-refractivity contribution in [2.24, 2.45) is 0 Å². The quantitative estimate of drug-likeness (QED) is 0.590. The van der Waals surface area contributed by atoms with Crippen LogP contribution in [0.5, 0.6) is 0 Å². The summed E-state index contributed by atoms with van der Waals surface area (Å²) >= 11 is 1.65. The zero-order chi connectivity index (χ0) is 10.0. The number of nitriles is 1. The second kappa shape index (κ2) is 3.91. The Morgan fingerprint density at radius 3 is 2.54 bits per heavy atom. The van der Waals surface area contributed by atoms with E-state index in [-0.39, 0.29) is 9.13 Å². The molecule has 0 bridgehead atoms. The minimum absolute atomic E-state index is 0.219. The van der Waals surface area contributed by atoms with Gasteiger partial charge in [0.05, 0.1) is 11.1 Å². The number of halogens is 4. The largest absolute Gasteiger partial charge is 0.269 e. The highest BCUT2D eigenvalue weighted by Gasteiger charge is 2.21. The van der Waals surface area contributed by atoms with Gasteiger partial charge in [-0.3, -0.25) is 0 Å². The molecule has 1 aromatic rings. The lowest BCUT2D eigenvalue weighted by atomic mass is 10.1. The topological polar surface area (TPSA) is 36.7 Å². The summed E-state index contributed by atoms with van der Waals surface area (Å²) in [5, 5.41) is 8.49. The smallest absolute Gasteiger partial charge is 0.227 e. The van der Waals surface area contributed by atoms with E-state index >= 15 is 0 Å². The number of rotatable bonds is 1. The molecule has 0 saturated carbocycles. The molecule has 2 nitrogen and oxygen atoms in total. The summed E-state index contributed by atoms with van der Waals surface area (Å²) in [6.07, 6.45) is -1.97. The Balaban J connectivity index is 3.46. The molecule has 0 N–H and O–H groups in total. The summed E-state index contributed by atoms with van der Waals surface area (Å²) in [7, 11) is 0. The first kappa shape index (κ1) is 10.2. The highest BCUT2D eigenvalue weighted by atomic mass is 127. The molecule has 0 aromatic carbocycles. The molecule has 0 aliphatic heterocycles. The molecule has 68 valence electrons. The van der Waals surface area contributed by atoms with Crippen LogP contribution in [0.2, 0.25) is 0 Å². The first-order valence-electron chi connectivity index (χ1n) is 3.10. The van der Waals surface area contributed by atoms with Crippen molar-refractivity contribution >= 4 is 22.6 Å². The molecular weight excluding hydrogens is 296 g/mol. The third-order valence-corrected chi connectivity index (χ3v) is 2.17. The lowest BCUT2D eigenvalue weighted by Crippen LogP contribution is -2.01. The molecule has 0 atom stereocenters. The maximum atomic E-state index is 12.7. The normalized spacial score (nSPS) is 10.2. The van der Waals surface area contributed by atoms with Crippen molar-refractivity contribution in [3.63, 3.8) is 0 Å². The van der Waals surface area contributed by atoms with Gasteiger partial charge in [0.25, 0.3) is 6.43 Å². The van der Waals surface area contributed by atoms with Crippen LogP contribution in [-0.4, -0.2) is 4.98 Å². The molecule has 0 aliphatic rings. The monoisotopic (exact) mass is 298 g/mol. The van der Waals surface area contributed by atoms with Crippen LogP contribution >= 0.6 is 22.6 Å². The van der Waals surface area contributed by atoms with Crippen molar-refractivity contribution in [1.82, 2.24) is 4.98 Å². The van der Waals surface area contributed by atoms with Crippen molar-refractivity contribution in [2.45, 2.75) is 6.43 Å². The van der Waals surface area contributed by atoms with E-state index in [4.69, 9.17) is 5.26 Å². The van der Waals surface area contributed by atoms with E-state index in [1.807, 2.05) is 0 Å². The van der Waals surface area contributed by atoms with Crippen LogP contribution in [0.25, 0.3) is 0 Å². The highest BCUT2D eigenvalue weighted by molar-refractivity contribution is 14.1. The molecule has 0 radical (unpaired) electrons. The molecule has 0 unspecified atom stereocenters. The van der Waals surface area contributed by atoms with Crippen molar-refractivity contribution in [2.75, 3.05) is 0 Å². The molecular formula is C7H2F3IN2. The molecule has 1 rings (SSSR count). The molecule has 1 aromatic heterocycles. The number of aromatic nitrogens is 1. The zero-order valence-electron chi connectivity index (χ0n) is 6.06. The van der Waals surface area contributed by atoms with Crippen LogP contribution in [0.3, 0.4) is 0 Å². The van der Waals surface area contributed by atoms with E-state index in [1.165, 1.54) is 6.07 Å². The van der Waals surface area contributed by atoms with Gasteiger partial charge in [-0.2, -0.15) is 9.65 Å². The van der Waals surface area contributed by atoms with Gasteiger partial charge in [0, 0.05) is 9.77 Å². The van der Waals surface area contributed by atoms with E-state index in [1.54, 1.807) is 22.6 Å². The predicted octanol–water partition coefficient (Wildman–Crippen LogP) is 2.63. The molecule has 0 spiro atoms. The number of nitrogens with zero attached hydrogens (tertiary/aromatic N) is 2. The molecule has 0 amide bonds.